The molecule has 2 N–H and O–H groups in total. The van der Waals surface area contributed by atoms with Crippen molar-refractivity contribution in [2.75, 3.05) is 32.7 Å². The highest BCUT2D eigenvalue weighted by Gasteiger charge is 2.10. The number of hydrogen-bond donors (Lipinski definition) is 1. The second-order valence-corrected chi connectivity index (χ2v) is 6.10. The van der Waals surface area contributed by atoms with Crippen molar-refractivity contribution in [1.29, 1.82) is 0 Å². The molecular weight excluding hydrogens is 268 g/mol. The van der Waals surface area contributed by atoms with Gasteiger partial charge in [-0.3, -0.25) is 4.90 Å². The first-order valence-corrected chi connectivity index (χ1v) is 8.63. The van der Waals surface area contributed by atoms with Crippen LogP contribution in [0, 0.1) is 0 Å². The van der Waals surface area contributed by atoms with Crippen LogP contribution in [0.15, 0.2) is 5.38 Å². The third-order valence-corrected chi connectivity index (χ3v) is 4.73. The van der Waals surface area contributed by atoms with Crippen LogP contribution in [0.25, 0.3) is 0 Å². The van der Waals surface area contributed by atoms with Crippen LogP contribution in [0.2, 0.25) is 0 Å². The topological polar surface area (TPSA) is 45.4 Å². The van der Waals surface area contributed by atoms with E-state index in [1.165, 1.54) is 13.0 Å². The molecule has 0 aliphatic heterocycles. The highest BCUT2D eigenvalue weighted by atomic mass is 32.1. The van der Waals surface area contributed by atoms with Gasteiger partial charge in [0.05, 0.1) is 11.7 Å². The van der Waals surface area contributed by atoms with Gasteiger partial charge in [0.1, 0.15) is 5.01 Å². The molecule has 1 aromatic heterocycles. The van der Waals surface area contributed by atoms with E-state index in [-0.39, 0.29) is 6.04 Å². The van der Waals surface area contributed by atoms with Gasteiger partial charge in [-0.25, -0.2) is 4.98 Å². The van der Waals surface area contributed by atoms with Crippen LogP contribution >= 0.6 is 11.3 Å². The molecule has 0 fully saturated rings. The Labute approximate surface area is 128 Å². The summed E-state index contributed by atoms with van der Waals surface area (Å²) in [5.74, 6) is 0. The van der Waals surface area contributed by atoms with E-state index in [0.717, 1.165) is 43.4 Å². The Balaban J connectivity index is 2.38. The van der Waals surface area contributed by atoms with Gasteiger partial charge in [-0.1, -0.05) is 20.8 Å². The Morgan fingerprint density at radius 3 is 2.25 bits per heavy atom. The lowest BCUT2D eigenvalue weighted by molar-refractivity contribution is 0.237. The second-order valence-electron chi connectivity index (χ2n) is 5.21. The first kappa shape index (κ1) is 17.6. The molecule has 4 nitrogen and oxygen atoms in total. The van der Waals surface area contributed by atoms with Gasteiger partial charge in [-0.2, -0.15) is 0 Å². The predicted molar refractivity (Wildman–Crippen MR) is 88.1 cm³/mol. The van der Waals surface area contributed by atoms with Crippen molar-refractivity contribution in [2.45, 2.75) is 46.7 Å². The van der Waals surface area contributed by atoms with Crippen LogP contribution in [0.1, 0.15) is 50.9 Å². The van der Waals surface area contributed by atoms with E-state index in [4.69, 9.17) is 5.73 Å². The summed E-state index contributed by atoms with van der Waals surface area (Å²) in [6.07, 6.45) is 1.22. The smallest absolute Gasteiger partial charge is 0.109 e. The quantitative estimate of drug-likeness (QED) is 0.721. The van der Waals surface area contributed by atoms with Gasteiger partial charge in [0.2, 0.25) is 0 Å². The molecule has 0 bridgehead atoms. The number of nitrogens with zero attached hydrogens (tertiary/aromatic N) is 3. The number of nitrogens with two attached hydrogens (primary N) is 1. The van der Waals surface area contributed by atoms with Gasteiger partial charge >= 0.3 is 0 Å². The minimum atomic E-state index is 0.0477. The molecule has 0 aliphatic carbocycles. The van der Waals surface area contributed by atoms with E-state index in [1.807, 2.05) is 6.92 Å². The zero-order valence-corrected chi connectivity index (χ0v) is 14.2. The lowest BCUT2D eigenvalue weighted by atomic mass is 10.3. The molecule has 20 heavy (non-hydrogen) atoms. The second kappa shape index (κ2) is 9.45. The third-order valence-electron chi connectivity index (χ3n) is 3.63. The van der Waals surface area contributed by atoms with Crippen LogP contribution in [0.3, 0.4) is 0 Å². The Kier molecular flexibility index (Phi) is 8.30. The van der Waals surface area contributed by atoms with E-state index >= 15 is 0 Å². The fourth-order valence-electron chi connectivity index (χ4n) is 2.24. The summed E-state index contributed by atoms with van der Waals surface area (Å²) in [6.45, 7) is 15.3. The van der Waals surface area contributed by atoms with E-state index in [2.05, 4.69) is 40.9 Å². The maximum atomic E-state index is 5.86. The highest BCUT2D eigenvalue weighted by molar-refractivity contribution is 7.09. The summed E-state index contributed by atoms with van der Waals surface area (Å²) in [7, 11) is 0. The van der Waals surface area contributed by atoms with Gasteiger partial charge < -0.3 is 10.6 Å². The summed E-state index contributed by atoms with van der Waals surface area (Å²) >= 11 is 1.68. The molecule has 5 heteroatoms. The molecule has 1 heterocycles. The third kappa shape index (κ3) is 5.87. The van der Waals surface area contributed by atoms with E-state index < -0.39 is 0 Å². The van der Waals surface area contributed by atoms with Crippen molar-refractivity contribution in [3.63, 3.8) is 0 Å². The van der Waals surface area contributed by atoms with Crippen LogP contribution in [-0.2, 0) is 6.54 Å². The van der Waals surface area contributed by atoms with Crippen molar-refractivity contribution in [3.8, 4) is 0 Å². The Morgan fingerprint density at radius 1 is 1.15 bits per heavy atom. The molecule has 1 rings (SSSR count). The summed E-state index contributed by atoms with van der Waals surface area (Å²) in [5, 5.41) is 3.19. The van der Waals surface area contributed by atoms with Crippen molar-refractivity contribution < 1.29 is 0 Å². The Bertz CT molecular complexity index is 361. The van der Waals surface area contributed by atoms with Crippen LogP contribution in [0.4, 0.5) is 0 Å². The van der Waals surface area contributed by atoms with Gasteiger partial charge in [0.25, 0.3) is 0 Å². The maximum absolute atomic E-state index is 5.86. The molecule has 0 radical (unpaired) electrons. The fraction of sp³-hybridized carbons (Fsp3) is 0.800. The summed E-state index contributed by atoms with van der Waals surface area (Å²) in [6, 6.07) is 0.0477. The molecule has 0 saturated carbocycles. The molecule has 0 aromatic carbocycles. The maximum Gasteiger partial charge on any atom is 0.109 e. The van der Waals surface area contributed by atoms with Gasteiger partial charge in [0.15, 0.2) is 0 Å². The van der Waals surface area contributed by atoms with Crippen molar-refractivity contribution in [1.82, 2.24) is 14.8 Å². The van der Waals surface area contributed by atoms with Gasteiger partial charge in [-0.05, 0) is 46.1 Å². The minimum Gasteiger partial charge on any atom is -0.322 e. The van der Waals surface area contributed by atoms with Crippen LogP contribution < -0.4 is 5.73 Å². The Morgan fingerprint density at radius 2 is 1.75 bits per heavy atom. The van der Waals surface area contributed by atoms with E-state index in [0.29, 0.717) is 0 Å². The first-order chi connectivity index (χ1) is 9.60. The van der Waals surface area contributed by atoms with Crippen molar-refractivity contribution >= 4 is 11.3 Å². The number of aromatic nitrogens is 1. The predicted octanol–water partition coefficient (Wildman–Crippen LogP) is 2.72. The molecule has 1 atom stereocenters. The van der Waals surface area contributed by atoms with E-state index in [1.54, 1.807) is 11.3 Å². The molecule has 0 amide bonds. The Hall–Kier alpha value is -0.490. The normalized spacial score (nSPS) is 13.3. The van der Waals surface area contributed by atoms with Gasteiger partial charge in [-0.15, -0.1) is 11.3 Å². The minimum absolute atomic E-state index is 0.0477. The molecule has 116 valence electrons. The zero-order chi connectivity index (χ0) is 15.0. The van der Waals surface area contributed by atoms with Crippen LogP contribution in [-0.4, -0.2) is 47.5 Å². The SMILES string of the molecule is CCN(CC)CCCN(CC)Cc1csc(C(C)N)n1. The fourth-order valence-corrected chi connectivity index (χ4v) is 3.01. The van der Waals surface area contributed by atoms with E-state index in [9.17, 15) is 0 Å². The monoisotopic (exact) mass is 298 g/mol. The summed E-state index contributed by atoms with van der Waals surface area (Å²) in [4.78, 5) is 9.55. The lowest BCUT2D eigenvalue weighted by Gasteiger charge is -2.22. The average molecular weight is 298 g/mol. The number of hydrogen-bond acceptors (Lipinski definition) is 5. The average Bonchev–Trinajstić information content (AvgIpc) is 2.91. The summed E-state index contributed by atoms with van der Waals surface area (Å²) < 4.78 is 0. The molecule has 1 unspecified atom stereocenters. The molecular formula is C15H30N4S. The zero-order valence-electron chi connectivity index (χ0n) is 13.4. The molecule has 0 spiro atoms. The van der Waals surface area contributed by atoms with Gasteiger partial charge in [0, 0.05) is 11.9 Å². The van der Waals surface area contributed by atoms with Crippen molar-refractivity contribution in [3.05, 3.63) is 16.1 Å². The highest BCUT2D eigenvalue weighted by Crippen LogP contribution is 2.17. The van der Waals surface area contributed by atoms with Crippen LogP contribution in [0.5, 0.6) is 0 Å². The molecule has 1 aromatic rings. The molecule has 0 aliphatic rings. The lowest BCUT2D eigenvalue weighted by Crippen LogP contribution is -2.29. The number of rotatable bonds is 10. The largest absolute Gasteiger partial charge is 0.322 e. The first-order valence-electron chi connectivity index (χ1n) is 7.75. The standard InChI is InChI=1S/C15H30N4S/c1-5-18(6-2)9-8-10-19(7-3)11-14-12-20-15(17-14)13(4)16/h12-13H,5-11,16H2,1-4H3. The molecule has 0 saturated heterocycles. The summed E-state index contributed by atoms with van der Waals surface area (Å²) in [5.41, 5.74) is 7.02. The number of thiazole rings is 1. The van der Waals surface area contributed by atoms with Crippen molar-refractivity contribution in [2.24, 2.45) is 5.73 Å².